The van der Waals surface area contributed by atoms with Crippen LogP contribution in [0.2, 0.25) is 0 Å². The lowest BCUT2D eigenvalue weighted by Gasteiger charge is -2.26. The topological polar surface area (TPSA) is 74.6 Å². The molecule has 4 rings (SSSR count). The average molecular weight is 419 g/mol. The summed E-state index contributed by atoms with van der Waals surface area (Å²) in [5.74, 6) is -0.0282. The number of carbonyl (C=O) groups excluding carboxylic acids is 1. The number of aromatic nitrogens is 2. The van der Waals surface area contributed by atoms with Gasteiger partial charge in [0.15, 0.2) is 17.6 Å². The van der Waals surface area contributed by atoms with Crippen LogP contribution >= 0.6 is 0 Å². The molecule has 1 aromatic heterocycles. The number of nitrogens with zero attached hydrogens (tertiary/aromatic N) is 2. The monoisotopic (exact) mass is 419 g/mol. The maximum atomic E-state index is 12.5. The minimum Gasteiger partial charge on any atom is -0.486 e. The van der Waals surface area contributed by atoms with Gasteiger partial charge in [0.25, 0.3) is 5.91 Å². The SMILES string of the molecule is O=C(Nc1cnn(CC2COc3ccccc3O2)c1)c1ccccc1OC(F)(F)F. The van der Waals surface area contributed by atoms with Crippen molar-refractivity contribution in [1.82, 2.24) is 9.78 Å². The van der Waals surface area contributed by atoms with Crippen molar-refractivity contribution in [3.63, 3.8) is 0 Å². The molecule has 0 saturated carbocycles. The van der Waals surface area contributed by atoms with Gasteiger partial charge in [-0.05, 0) is 24.3 Å². The summed E-state index contributed by atoms with van der Waals surface area (Å²) in [4.78, 5) is 12.4. The molecule has 2 heterocycles. The molecule has 30 heavy (non-hydrogen) atoms. The highest BCUT2D eigenvalue weighted by molar-refractivity contribution is 6.06. The third kappa shape index (κ3) is 4.65. The van der Waals surface area contributed by atoms with Crippen molar-refractivity contribution in [2.24, 2.45) is 0 Å². The van der Waals surface area contributed by atoms with E-state index >= 15 is 0 Å². The van der Waals surface area contributed by atoms with E-state index in [2.05, 4.69) is 15.2 Å². The number of anilines is 1. The summed E-state index contributed by atoms with van der Waals surface area (Å²) >= 11 is 0. The number of hydrogen-bond acceptors (Lipinski definition) is 5. The van der Waals surface area contributed by atoms with E-state index in [1.165, 1.54) is 24.4 Å². The Labute approximate surface area is 169 Å². The van der Waals surface area contributed by atoms with E-state index in [1.807, 2.05) is 18.2 Å². The first-order valence-electron chi connectivity index (χ1n) is 8.94. The Balaban J connectivity index is 1.40. The highest BCUT2D eigenvalue weighted by Crippen LogP contribution is 2.31. The normalized spacial score (nSPS) is 15.5. The van der Waals surface area contributed by atoms with Gasteiger partial charge in [-0.1, -0.05) is 24.3 Å². The molecule has 1 N–H and O–H groups in total. The van der Waals surface area contributed by atoms with Crippen LogP contribution in [0.4, 0.5) is 18.9 Å². The number of rotatable bonds is 5. The molecule has 1 aliphatic rings. The number of halogens is 3. The molecule has 0 spiro atoms. The van der Waals surface area contributed by atoms with Gasteiger partial charge < -0.3 is 19.5 Å². The summed E-state index contributed by atoms with van der Waals surface area (Å²) in [6.45, 7) is 0.693. The second-order valence-electron chi connectivity index (χ2n) is 6.45. The van der Waals surface area contributed by atoms with Crippen LogP contribution in [-0.2, 0) is 6.54 Å². The average Bonchev–Trinajstić information content (AvgIpc) is 3.13. The molecule has 1 aliphatic heterocycles. The fourth-order valence-electron chi connectivity index (χ4n) is 2.96. The number of alkyl halides is 3. The Morgan fingerprint density at radius 1 is 1.17 bits per heavy atom. The summed E-state index contributed by atoms with van der Waals surface area (Å²) in [5, 5.41) is 6.67. The second-order valence-corrected chi connectivity index (χ2v) is 6.45. The number of para-hydroxylation sites is 3. The number of carbonyl (C=O) groups is 1. The van der Waals surface area contributed by atoms with Crippen LogP contribution < -0.4 is 19.5 Å². The molecule has 156 valence electrons. The fraction of sp³-hybridized carbons (Fsp3) is 0.200. The standard InChI is InChI=1S/C20H16F3N3O4/c21-20(22,23)30-16-6-2-1-5-15(16)19(27)25-13-9-24-26(10-13)11-14-12-28-17-7-3-4-8-18(17)29-14/h1-10,14H,11-12H2,(H,25,27). The van der Waals surface area contributed by atoms with E-state index in [0.717, 1.165) is 6.07 Å². The number of amides is 1. The largest absolute Gasteiger partial charge is 0.573 e. The van der Waals surface area contributed by atoms with Crippen molar-refractivity contribution >= 4 is 11.6 Å². The van der Waals surface area contributed by atoms with Crippen LogP contribution in [0.25, 0.3) is 0 Å². The third-order valence-corrected chi connectivity index (χ3v) is 4.21. The van der Waals surface area contributed by atoms with Crippen LogP contribution in [-0.4, -0.2) is 34.8 Å². The van der Waals surface area contributed by atoms with Crippen molar-refractivity contribution in [3.8, 4) is 17.2 Å². The summed E-state index contributed by atoms with van der Waals surface area (Å²) in [5.41, 5.74) is 0.0714. The van der Waals surface area contributed by atoms with E-state index in [0.29, 0.717) is 30.3 Å². The first kappa shape index (κ1) is 19.6. The summed E-state index contributed by atoms with van der Waals surface area (Å²) in [6.07, 6.45) is -2.25. The number of fused-ring (bicyclic) bond motifs is 1. The molecule has 0 radical (unpaired) electrons. The number of hydrogen-bond donors (Lipinski definition) is 1. The van der Waals surface area contributed by atoms with E-state index < -0.39 is 18.0 Å². The van der Waals surface area contributed by atoms with Gasteiger partial charge in [0.2, 0.25) is 0 Å². The smallest absolute Gasteiger partial charge is 0.486 e. The van der Waals surface area contributed by atoms with E-state index in [9.17, 15) is 18.0 Å². The summed E-state index contributed by atoms with van der Waals surface area (Å²) in [7, 11) is 0. The fourth-order valence-corrected chi connectivity index (χ4v) is 2.96. The zero-order valence-electron chi connectivity index (χ0n) is 15.4. The first-order chi connectivity index (χ1) is 14.4. The molecule has 10 heteroatoms. The van der Waals surface area contributed by atoms with Gasteiger partial charge in [0.1, 0.15) is 12.4 Å². The van der Waals surface area contributed by atoms with E-state index in [-0.39, 0.29) is 11.7 Å². The number of ether oxygens (including phenoxy) is 3. The van der Waals surface area contributed by atoms with Crippen molar-refractivity contribution in [2.75, 3.05) is 11.9 Å². The highest BCUT2D eigenvalue weighted by atomic mass is 19.4. The maximum Gasteiger partial charge on any atom is 0.573 e. The molecular formula is C20H16F3N3O4. The van der Waals surface area contributed by atoms with Crippen LogP contribution in [0, 0.1) is 0 Å². The third-order valence-electron chi connectivity index (χ3n) is 4.21. The Bertz CT molecular complexity index is 1050. The molecular weight excluding hydrogens is 403 g/mol. The molecule has 0 bridgehead atoms. The van der Waals surface area contributed by atoms with Crippen molar-refractivity contribution in [3.05, 3.63) is 66.5 Å². The zero-order valence-corrected chi connectivity index (χ0v) is 15.4. The quantitative estimate of drug-likeness (QED) is 0.680. The summed E-state index contributed by atoms with van der Waals surface area (Å²) in [6, 6.07) is 12.4. The van der Waals surface area contributed by atoms with Crippen LogP contribution in [0.5, 0.6) is 17.2 Å². The van der Waals surface area contributed by atoms with Crippen molar-refractivity contribution in [1.29, 1.82) is 0 Å². The van der Waals surface area contributed by atoms with Gasteiger partial charge in [0.05, 0.1) is 24.0 Å². The predicted octanol–water partition coefficient (Wildman–Crippen LogP) is 3.87. The lowest BCUT2D eigenvalue weighted by atomic mass is 10.2. The van der Waals surface area contributed by atoms with E-state index in [1.54, 1.807) is 16.9 Å². The van der Waals surface area contributed by atoms with Gasteiger partial charge in [0, 0.05) is 6.20 Å². The summed E-state index contributed by atoms with van der Waals surface area (Å²) < 4.78 is 54.6. The molecule has 1 amide bonds. The lowest BCUT2D eigenvalue weighted by molar-refractivity contribution is -0.274. The molecule has 1 unspecified atom stereocenters. The minimum absolute atomic E-state index is 0.247. The minimum atomic E-state index is -4.90. The van der Waals surface area contributed by atoms with Crippen LogP contribution in [0.1, 0.15) is 10.4 Å². The Morgan fingerprint density at radius 3 is 2.70 bits per heavy atom. The predicted molar refractivity (Wildman–Crippen MR) is 99.7 cm³/mol. The first-order valence-corrected chi connectivity index (χ1v) is 8.94. The Hall–Kier alpha value is -3.69. The van der Waals surface area contributed by atoms with Gasteiger partial charge in [-0.15, -0.1) is 13.2 Å². The second kappa shape index (κ2) is 7.97. The lowest BCUT2D eigenvalue weighted by Crippen LogP contribution is -2.33. The molecule has 3 aromatic rings. The molecule has 1 atom stereocenters. The zero-order chi connectivity index (χ0) is 21.1. The molecule has 0 saturated heterocycles. The number of nitrogens with one attached hydrogen (secondary N) is 1. The molecule has 2 aromatic carbocycles. The molecule has 0 fully saturated rings. The highest BCUT2D eigenvalue weighted by Gasteiger charge is 2.33. The van der Waals surface area contributed by atoms with Crippen molar-refractivity contribution < 1.29 is 32.2 Å². The van der Waals surface area contributed by atoms with Gasteiger partial charge in [-0.25, -0.2) is 0 Å². The molecule has 0 aliphatic carbocycles. The number of benzene rings is 2. The van der Waals surface area contributed by atoms with Crippen molar-refractivity contribution in [2.45, 2.75) is 19.0 Å². The van der Waals surface area contributed by atoms with Gasteiger partial charge >= 0.3 is 6.36 Å². The molecule has 7 nitrogen and oxygen atoms in total. The van der Waals surface area contributed by atoms with Gasteiger partial charge in [-0.2, -0.15) is 5.10 Å². The van der Waals surface area contributed by atoms with Crippen LogP contribution in [0.3, 0.4) is 0 Å². The van der Waals surface area contributed by atoms with Crippen LogP contribution in [0.15, 0.2) is 60.9 Å². The Kier molecular flexibility index (Phi) is 5.21. The maximum absolute atomic E-state index is 12.5. The van der Waals surface area contributed by atoms with Gasteiger partial charge in [-0.3, -0.25) is 9.48 Å². The Morgan fingerprint density at radius 2 is 1.90 bits per heavy atom. The van der Waals surface area contributed by atoms with E-state index in [4.69, 9.17) is 9.47 Å².